The molecule has 0 N–H and O–H groups in total. The number of non-ortho nitro benzene ring substituents is 1. The lowest BCUT2D eigenvalue weighted by Crippen LogP contribution is -2.07. The largest absolute Gasteiger partial charge is 0.485 e. The molecule has 90 valence electrons. The van der Waals surface area contributed by atoms with E-state index < -0.39 is 18.0 Å². The van der Waals surface area contributed by atoms with Crippen molar-refractivity contribution in [3.8, 4) is 5.75 Å². The molecule has 0 saturated carbocycles. The molecule has 0 radical (unpaired) electrons. The summed E-state index contributed by atoms with van der Waals surface area (Å²) in [5, 5.41) is 10.4. The smallest absolute Gasteiger partial charge is 0.272 e. The summed E-state index contributed by atoms with van der Waals surface area (Å²) in [4.78, 5) is 23.0. The summed E-state index contributed by atoms with van der Waals surface area (Å²) in [7, 11) is 0. The van der Waals surface area contributed by atoms with E-state index in [1.54, 1.807) is 0 Å². The summed E-state index contributed by atoms with van der Waals surface area (Å²) >= 11 is 0. The Hall–Kier alpha value is -2.34. The van der Waals surface area contributed by atoms with Gasteiger partial charge in [-0.15, -0.1) is 0 Å². The molecule has 0 unspecified atom stereocenters. The van der Waals surface area contributed by atoms with Crippen LogP contribution in [0.25, 0.3) is 0 Å². The fourth-order valence-electron chi connectivity index (χ4n) is 1.03. The van der Waals surface area contributed by atoms with Gasteiger partial charge in [0.2, 0.25) is 6.08 Å². The summed E-state index contributed by atoms with van der Waals surface area (Å²) in [6.07, 6.45) is -1.53. The zero-order valence-electron chi connectivity index (χ0n) is 8.30. The van der Waals surface area contributed by atoms with Crippen LogP contribution in [0.1, 0.15) is 0 Å². The van der Waals surface area contributed by atoms with E-state index in [0.29, 0.717) is 0 Å². The summed E-state index contributed by atoms with van der Waals surface area (Å²) in [6.45, 7) is -0.890. The fraction of sp³-hybridized carbons (Fsp3) is 0.222. The Morgan fingerprint density at radius 3 is 2.76 bits per heavy atom. The first-order valence-electron chi connectivity index (χ1n) is 4.32. The average Bonchev–Trinajstić information content (AvgIpc) is 2.27. The van der Waals surface area contributed by atoms with E-state index in [4.69, 9.17) is 0 Å². The maximum absolute atomic E-state index is 11.9. The van der Waals surface area contributed by atoms with Crippen LogP contribution in [0.5, 0.6) is 5.75 Å². The molecule has 0 fully saturated rings. The van der Waals surface area contributed by atoms with Crippen LogP contribution in [0.3, 0.4) is 0 Å². The number of ether oxygens (including phenoxy) is 1. The number of carbonyl (C=O) groups excluding carboxylic acids is 1. The number of alkyl halides is 2. The van der Waals surface area contributed by atoms with Gasteiger partial charge >= 0.3 is 0 Å². The second-order valence-electron chi connectivity index (χ2n) is 2.81. The topological polar surface area (TPSA) is 81.8 Å². The van der Waals surface area contributed by atoms with Crippen molar-refractivity contribution in [3.05, 3.63) is 28.3 Å². The molecular formula is C9H6F2N2O4. The van der Waals surface area contributed by atoms with Crippen molar-refractivity contribution in [3.63, 3.8) is 0 Å². The van der Waals surface area contributed by atoms with E-state index in [2.05, 4.69) is 9.73 Å². The van der Waals surface area contributed by atoms with Crippen LogP contribution in [0, 0.1) is 10.1 Å². The second-order valence-corrected chi connectivity index (χ2v) is 2.81. The van der Waals surface area contributed by atoms with Crippen LogP contribution in [0.15, 0.2) is 23.2 Å². The van der Waals surface area contributed by atoms with Crippen molar-refractivity contribution in [1.82, 2.24) is 0 Å². The molecule has 8 heteroatoms. The molecular weight excluding hydrogens is 238 g/mol. The van der Waals surface area contributed by atoms with Gasteiger partial charge in [0.25, 0.3) is 12.1 Å². The van der Waals surface area contributed by atoms with Gasteiger partial charge in [-0.2, -0.15) is 4.99 Å². The fourth-order valence-corrected chi connectivity index (χ4v) is 1.03. The summed E-state index contributed by atoms with van der Waals surface area (Å²) in [5.41, 5.74) is -0.543. The number of nitro groups is 1. The van der Waals surface area contributed by atoms with E-state index in [1.165, 1.54) is 0 Å². The predicted molar refractivity (Wildman–Crippen MR) is 52.4 cm³/mol. The van der Waals surface area contributed by atoms with Gasteiger partial charge in [-0.1, -0.05) is 0 Å². The molecule has 0 aliphatic rings. The third-order valence-electron chi connectivity index (χ3n) is 1.68. The van der Waals surface area contributed by atoms with E-state index >= 15 is 0 Å². The summed E-state index contributed by atoms with van der Waals surface area (Å²) in [5.74, 6) is -0.140. The van der Waals surface area contributed by atoms with Crippen molar-refractivity contribution in [2.24, 2.45) is 4.99 Å². The number of aliphatic imine (C=N–C) groups is 1. The highest BCUT2D eigenvalue weighted by Crippen LogP contribution is 2.31. The maximum atomic E-state index is 11.9. The molecule has 1 aromatic rings. The van der Waals surface area contributed by atoms with E-state index in [-0.39, 0.29) is 17.1 Å². The first-order valence-corrected chi connectivity index (χ1v) is 4.32. The number of rotatable bonds is 5. The summed E-state index contributed by atoms with van der Waals surface area (Å²) in [6, 6.07) is 3.09. The highest BCUT2D eigenvalue weighted by molar-refractivity contribution is 5.61. The van der Waals surface area contributed by atoms with E-state index in [1.807, 2.05) is 0 Å². The van der Waals surface area contributed by atoms with Crippen molar-refractivity contribution < 1.29 is 23.2 Å². The number of hydrogen-bond donors (Lipinski definition) is 0. The van der Waals surface area contributed by atoms with Crippen molar-refractivity contribution in [2.45, 2.75) is 6.43 Å². The quantitative estimate of drug-likeness (QED) is 0.344. The van der Waals surface area contributed by atoms with Gasteiger partial charge in [0.1, 0.15) is 18.0 Å². The Morgan fingerprint density at radius 1 is 1.53 bits per heavy atom. The number of nitro benzene ring substituents is 1. The first-order chi connectivity index (χ1) is 8.04. The Balaban J connectivity index is 3.04. The molecule has 0 aliphatic carbocycles. The van der Waals surface area contributed by atoms with E-state index in [0.717, 1.165) is 24.3 Å². The van der Waals surface area contributed by atoms with E-state index in [9.17, 15) is 23.7 Å². The van der Waals surface area contributed by atoms with Crippen molar-refractivity contribution >= 4 is 17.5 Å². The molecule has 0 heterocycles. The molecule has 1 rings (SSSR count). The Kier molecular flexibility index (Phi) is 4.24. The number of benzene rings is 1. The average molecular weight is 244 g/mol. The Labute approximate surface area is 93.7 Å². The standard InChI is InChI=1S/C9H6F2N2O4/c10-9(11)4-17-8-2-1-6(13(15)16)3-7(8)12-5-14/h1-3,9H,4H2. The highest BCUT2D eigenvalue weighted by atomic mass is 19.3. The van der Waals surface area contributed by atoms with Crippen LogP contribution in [-0.2, 0) is 4.79 Å². The van der Waals surface area contributed by atoms with Gasteiger partial charge in [0, 0.05) is 12.1 Å². The lowest BCUT2D eigenvalue weighted by atomic mass is 10.2. The van der Waals surface area contributed by atoms with Crippen molar-refractivity contribution in [2.75, 3.05) is 6.61 Å². The van der Waals surface area contributed by atoms with Crippen LogP contribution >= 0.6 is 0 Å². The minimum atomic E-state index is -2.70. The third-order valence-corrected chi connectivity index (χ3v) is 1.68. The van der Waals surface area contributed by atoms with Gasteiger partial charge in [-0.05, 0) is 6.07 Å². The lowest BCUT2D eigenvalue weighted by molar-refractivity contribution is -0.384. The van der Waals surface area contributed by atoms with Crippen LogP contribution in [0.2, 0.25) is 0 Å². The minimum absolute atomic E-state index is 0.140. The number of hydrogen-bond acceptors (Lipinski definition) is 5. The molecule has 0 atom stereocenters. The zero-order chi connectivity index (χ0) is 12.8. The van der Waals surface area contributed by atoms with Gasteiger partial charge < -0.3 is 4.74 Å². The predicted octanol–water partition coefficient (Wildman–Crippen LogP) is 2.21. The van der Waals surface area contributed by atoms with Gasteiger partial charge in [-0.25, -0.2) is 13.6 Å². The molecule has 6 nitrogen and oxygen atoms in total. The molecule has 0 saturated heterocycles. The van der Waals surface area contributed by atoms with Crippen molar-refractivity contribution in [1.29, 1.82) is 0 Å². The lowest BCUT2D eigenvalue weighted by Gasteiger charge is -2.06. The first kappa shape index (κ1) is 12.7. The van der Waals surface area contributed by atoms with Crippen LogP contribution in [-0.4, -0.2) is 24.0 Å². The molecule has 17 heavy (non-hydrogen) atoms. The SMILES string of the molecule is O=C=Nc1cc([N+](=O)[O-])ccc1OCC(F)F. The number of isocyanates is 1. The van der Waals surface area contributed by atoms with Gasteiger partial charge in [0.15, 0.2) is 0 Å². The minimum Gasteiger partial charge on any atom is -0.485 e. The second kappa shape index (κ2) is 5.66. The zero-order valence-corrected chi connectivity index (χ0v) is 8.30. The maximum Gasteiger partial charge on any atom is 0.272 e. The highest BCUT2D eigenvalue weighted by Gasteiger charge is 2.13. The molecule has 1 aromatic carbocycles. The third kappa shape index (κ3) is 3.62. The molecule has 0 amide bonds. The van der Waals surface area contributed by atoms with Crippen LogP contribution < -0.4 is 4.74 Å². The Bertz CT molecular complexity index is 472. The molecule has 0 spiro atoms. The number of nitrogens with zero attached hydrogens (tertiary/aromatic N) is 2. The van der Waals surface area contributed by atoms with Gasteiger partial charge in [-0.3, -0.25) is 10.1 Å². The normalized spacial score (nSPS) is 9.82. The monoisotopic (exact) mass is 244 g/mol. The van der Waals surface area contributed by atoms with Crippen LogP contribution in [0.4, 0.5) is 20.2 Å². The van der Waals surface area contributed by atoms with Gasteiger partial charge in [0.05, 0.1) is 4.92 Å². The molecule has 0 aromatic heterocycles. The summed E-state index contributed by atoms with van der Waals surface area (Å²) < 4.78 is 28.4. The Morgan fingerprint density at radius 2 is 2.24 bits per heavy atom. The number of halogens is 2. The molecule has 0 aliphatic heterocycles. The molecule has 0 bridgehead atoms.